The van der Waals surface area contributed by atoms with Gasteiger partial charge in [0, 0.05) is 18.0 Å². The zero-order valence-electron chi connectivity index (χ0n) is 22.2. The number of rotatable bonds is 9. The highest BCUT2D eigenvalue weighted by Gasteiger charge is 2.23. The minimum absolute atomic E-state index is 0.0243. The van der Waals surface area contributed by atoms with E-state index >= 15 is 0 Å². The standard InChI is InChI=1S/C28H34N4O6S/c1-3-38-26(33)18-25-23-6-4-5-7-24(23)27(34)32(30-25)17-16-20-10-14-22(15-11-20)39(36,37)31-28(35)29-21-12-8-19(2)9-13-21/h4-7,10-11,14-15,19,21H,3,8-9,12-13,16-18H2,1-2H3,(H2,29,31,35). The number of carbonyl (C=O) groups excluding carboxylic acids is 2. The van der Waals surface area contributed by atoms with Gasteiger partial charge in [-0.1, -0.05) is 37.3 Å². The number of nitrogens with one attached hydrogen (secondary N) is 2. The van der Waals surface area contributed by atoms with Crippen molar-refractivity contribution in [2.75, 3.05) is 6.61 Å². The highest BCUT2D eigenvalue weighted by Crippen LogP contribution is 2.23. The molecule has 0 spiro atoms. The molecule has 1 saturated carbocycles. The summed E-state index contributed by atoms with van der Waals surface area (Å²) in [7, 11) is -4.03. The van der Waals surface area contributed by atoms with Crippen LogP contribution in [0.25, 0.3) is 10.8 Å². The lowest BCUT2D eigenvalue weighted by Crippen LogP contribution is -2.45. The van der Waals surface area contributed by atoms with Crippen molar-refractivity contribution in [1.29, 1.82) is 0 Å². The number of ether oxygens (including phenoxy) is 1. The van der Waals surface area contributed by atoms with Crippen LogP contribution in [0.4, 0.5) is 4.79 Å². The summed E-state index contributed by atoms with van der Waals surface area (Å²) in [4.78, 5) is 37.4. The van der Waals surface area contributed by atoms with E-state index in [0.29, 0.717) is 28.8 Å². The van der Waals surface area contributed by atoms with E-state index in [2.05, 4.69) is 22.1 Å². The Bertz CT molecular complexity index is 1490. The van der Waals surface area contributed by atoms with Crippen molar-refractivity contribution in [2.24, 2.45) is 5.92 Å². The molecule has 208 valence electrons. The minimum atomic E-state index is -4.03. The number of hydrogen-bond donors (Lipinski definition) is 2. The van der Waals surface area contributed by atoms with Gasteiger partial charge in [-0.05, 0) is 68.7 Å². The second-order valence-corrected chi connectivity index (χ2v) is 11.6. The maximum Gasteiger partial charge on any atom is 0.328 e. The first-order valence-electron chi connectivity index (χ1n) is 13.2. The highest BCUT2D eigenvalue weighted by atomic mass is 32.2. The van der Waals surface area contributed by atoms with Gasteiger partial charge in [-0.2, -0.15) is 5.10 Å². The molecular weight excluding hydrogens is 520 g/mol. The highest BCUT2D eigenvalue weighted by molar-refractivity contribution is 7.90. The Morgan fingerprint density at radius 2 is 1.69 bits per heavy atom. The molecule has 11 heteroatoms. The average Bonchev–Trinajstić information content (AvgIpc) is 2.91. The molecule has 2 N–H and O–H groups in total. The van der Waals surface area contributed by atoms with Crippen LogP contribution >= 0.6 is 0 Å². The SMILES string of the molecule is CCOC(=O)Cc1nn(CCc2ccc(S(=O)(=O)NC(=O)NC3CCC(C)CC3)cc2)c(=O)c2ccccc12. The molecule has 4 rings (SSSR count). The number of hydrogen-bond acceptors (Lipinski definition) is 7. The number of esters is 1. The van der Waals surface area contributed by atoms with Crippen LogP contribution in [0.2, 0.25) is 0 Å². The van der Waals surface area contributed by atoms with E-state index in [1.54, 1.807) is 43.3 Å². The zero-order chi connectivity index (χ0) is 28.0. The number of benzene rings is 2. The van der Waals surface area contributed by atoms with E-state index in [1.807, 2.05) is 0 Å². The summed E-state index contributed by atoms with van der Waals surface area (Å²) < 4.78 is 33.9. The molecule has 1 fully saturated rings. The first-order chi connectivity index (χ1) is 18.7. The minimum Gasteiger partial charge on any atom is -0.466 e. The summed E-state index contributed by atoms with van der Waals surface area (Å²) in [6.45, 7) is 4.38. The topological polar surface area (TPSA) is 136 Å². The Morgan fingerprint density at radius 3 is 2.36 bits per heavy atom. The van der Waals surface area contributed by atoms with Gasteiger partial charge >= 0.3 is 12.0 Å². The van der Waals surface area contributed by atoms with Gasteiger partial charge in [0.05, 0.1) is 29.0 Å². The zero-order valence-corrected chi connectivity index (χ0v) is 23.0. The Balaban J connectivity index is 1.42. The first kappa shape index (κ1) is 28.3. The van der Waals surface area contributed by atoms with Crippen LogP contribution in [0.15, 0.2) is 58.2 Å². The fourth-order valence-electron chi connectivity index (χ4n) is 4.81. The van der Waals surface area contributed by atoms with Crippen LogP contribution < -0.4 is 15.6 Å². The molecule has 2 amide bonds. The molecule has 0 bridgehead atoms. The summed E-state index contributed by atoms with van der Waals surface area (Å²) >= 11 is 0. The lowest BCUT2D eigenvalue weighted by molar-refractivity contribution is -0.142. The predicted molar refractivity (Wildman–Crippen MR) is 147 cm³/mol. The van der Waals surface area contributed by atoms with Crippen molar-refractivity contribution < 1.29 is 22.7 Å². The van der Waals surface area contributed by atoms with E-state index in [1.165, 1.54) is 16.8 Å². The molecule has 0 radical (unpaired) electrons. The molecule has 1 aliphatic rings. The van der Waals surface area contributed by atoms with Gasteiger partial charge in [0.15, 0.2) is 0 Å². The molecule has 1 aliphatic carbocycles. The van der Waals surface area contributed by atoms with Gasteiger partial charge in [0.2, 0.25) is 0 Å². The van der Waals surface area contributed by atoms with E-state index in [4.69, 9.17) is 4.74 Å². The summed E-state index contributed by atoms with van der Waals surface area (Å²) in [5.41, 5.74) is 0.959. The summed E-state index contributed by atoms with van der Waals surface area (Å²) in [5, 5.41) is 8.26. The normalized spacial score (nSPS) is 17.5. The largest absolute Gasteiger partial charge is 0.466 e. The van der Waals surface area contributed by atoms with Gasteiger partial charge in [-0.15, -0.1) is 0 Å². The van der Waals surface area contributed by atoms with Crippen LogP contribution in [-0.2, 0) is 38.9 Å². The summed E-state index contributed by atoms with van der Waals surface area (Å²) in [5.74, 6) is 0.198. The number of fused-ring (bicyclic) bond motifs is 1. The van der Waals surface area contributed by atoms with Crippen molar-refractivity contribution in [1.82, 2.24) is 19.8 Å². The quantitative estimate of drug-likeness (QED) is 0.387. The lowest BCUT2D eigenvalue weighted by atomic mass is 9.87. The number of amides is 2. The van der Waals surface area contributed by atoms with Gasteiger partial charge in [-0.3, -0.25) is 9.59 Å². The second-order valence-electron chi connectivity index (χ2n) is 9.93. The Kier molecular flexibility index (Phi) is 9.01. The van der Waals surface area contributed by atoms with Gasteiger partial charge in [0.25, 0.3) is 15.6 Å². The maximum absolute atomic E-state index is 13.0. The van der Waals surface area contributed by atoms with Crippen molar-refractivity contribution in [3.63, 3.8) is 0 Å². The van der Waals surface area contributed by atoms with Crippen molar-refractivity contribution in [3.05, 3.63) is 70.1 Å². The molecule has 10 nitrogen and oxygen atoms in total. The maximum atomic E-state index is 13.0. The van der Waals surface area contributed by atoms with E-state index in [-0.39, 0.29) is 36.1 Å². The number of aryl methyl sites for hydroxylation is 2. The fraction of sp³-hybridized carbons (Fsp3) is 0.429. The van der Waals surface area contributed by atoms with E-state index in [9.17, 15) is 22.8 Å². The molecular formula is C28H34N4O6S. The average molecular weight is 555 g/mol. The third kappa shape index (κ3) is 7.23. The van der Waals surface area contributed by atoms with Gasteiger partial charge < -0.3 is 10.1 Å². The third-order valence-electron chi connectivity index (χ3n) is 6.99. The molecule has 39 heavy (non-hydrogen) atoms. The van der Waals surface area contributed by atoms with Crippen molar-refractivity contribution in [3.8, 4) is 0 Å². The van der Waals surface area contributed by atoms with Crippen LogP contribution in [0.3, 0.4) is 0 Å². The summed E-state index contributed by atoms with van der Waals surface area (Å²) in [6, 6.07) is 12.4. The number of sulfonamides is 1. The lowest BCUT2D eigenvalue weighted by Gasteiger charge is -2.26. The van der Waals surface area contributed by atoms with E-state index in [0.717, 1.165) is 31.2 Å². The fourth-order valence-corrected chi connectivity index (χ4v) is 5.72. The Morgan fingerprint density at radius 1 is 1.03 bits per heavy atom. The monoisotopic (exact) mass is 554 g/mol. The van der Waals surface area contributed by atoms with Gasteiger partial charge in [0.1, 0.15) is 0 Å². The van der Waals surface area contributed by atoms with Crippen LogP contribution in [-0.4, -0.2) is 42.8 Å². The molecule has 0 atom stereocenters. The van der Waals surface area contributed by atoms with Crippen molar-refractivity contribution >= 4 is 32.8 Å². The first-order valence-corrected chi connectivity index (χ1v) is 14.7. The molecule has 0 unspecified atom stereocenters. The molecule has 0 aliphatic heterocycles. The molecule has 1 heterocycles. The molecule has 2 aromatic carbocycles. The molecule has 1 aromatic heterocycles. The van der Waals surface area contributed by atoms with Crippen molar-refractivity contribution in [2.45, 2.75) is 69.9 Å². The number of carbonyl (C=O) groups is 2. The third-order valence-corrected chi connectivity index (χ3v) is 8.33. The molecule has 3 aromatic rings. The van der Waals surface area contributed by atoms with Crippen LogP contribution in [0.1, 0.15) is 50.8 Å². The van der Waals surface area contributed by atoms with E-state index < -0.39 is 22.0 Å². The number of nitrogens with zero attached hydrogens (tertiary/aromatic N) is 2. The predicted octanol–water partition coefficient (Wildman–Crippen LogP) is 3.31. The molecule has 0 saturated heterocycles. The second kappa shape index (κ2) is 12.4. The summed E-state index contributed by atoms with van der Waals surface area (Å²) in [6.07, 6.45) is 4.03. The number of urea groups is 1. The number of aromatic nitrogens is 2. The Hall–Kier alpha value is -3.73. The van der Waals surface area contributed by atoms with Gasteiger partial charge in [-0.25, -0.2) is 22.6 Å². The Labute approximate surface area is 227 Å². The van der Waals surface area contributed by atoms with Crippen LogP contribution in [0.5, 0.6) is 0 Å². The smallest absolute Gasteiger partial charge is 0.328 e. The van der Waals surface area contributed by atoms with Crippen LogP contribution in [0, 0.1) is 5.92 Å².